The zero-order valence-corrected chi connectivity index (χ0v) is 7.25. The van der Waals surface area contributed by atoms with Gasteiger partial charge in [-0.1, -0.05) is 16.7 Å². The average molecular weight is 183 g/mol. The minimum Gasteiger partial charge on any atom is -0.600 e. The second-order valence-corrected chi connectivity index (χ2v) is 3.26. The number of hydrogen-bond acceptors (Lipinski definition) is 2. The van der Waals surface area contributed by atoms with Crippen LogP contribution in [0.4, 0.5) is 5.69 Å². The van der Waals surface area contributed by atoms with Crippen molar-refractivity contribution in [2.24, 2.45) is 5.10 Å². The first kappa shape index (κ1) is 7.73. The summed E-state index contributed by atoms with van der Waals surface area (Å²) in [7, 11) is 1.47. The van der Waals surface area contributed by atoms with Crippen LogP contribution in [0.5, 0.6) is 0 Å². The van der Waals surface area contributed by atoms with Crippen molar-refractivity contribution in [1.29, 1.82) is 0 Å². The molecule has 0 saturated carbocycles. The van der Waals surface area contributed by atoms with Crippen LogP contribution in [0.1, 0.15) is 5.56 Å². The highest BCUT2D eigenvalue weighted by Crippen LogP contribution is 2.31. The lowest BCUT2D eigenvalue weighted by molar-refractivity contribution is 0.488. The molecule has 0 saturated heterocycles. The van der Waals surface area contributed by atoms with E-state index in [1.165, 1.54) is 7.05 Å². The Bertz CT molecular complexity index is 360. The fourth-order valence-electron chi connectivity index (χ4n) is 1.22. The maximum atomic E-state index is 11.6. The zero-order chi connectivity index (χ0) is 8.77. The van der Waals surface area contributed by atoms with Crippen molar-refractivity contribution in [3.05, 3.63) is 34.0 Å². The third-order valence-electron chi connectivity index (χ3n) is 1.86. The van der Waals surface area contributed by atoms with Crippen molar-refractivity contribution in [1.82, 2.24) is 4.76 Å². The largest absolute Gasteiger partial charge is 0.600 e. The molecule has 1 atom stereocenters. The molecule has 4 heteroatoms. The molecule has 0 N–H and O–H groups in total. The standard InChI is InChI=1S/C8H7ClN2O/c1-11(12)8-4-7(9)3-2-6(8)5-10-11/h2-5H,1H3. The summed E-state index contributed by atoms with van der Waals surface area (Å²) in [5, 5.41) is 15.9. The lowest BCUT2D eigenvalue weighted by Crippen LogP contribution is -2.28. The second kappa shape index (κ2) is 2.29. The van der Waals surface area contributed by atoms with Gasteiger partial charge in [0.15, 0.2) is 5.69 Å². The molecule has 62 valence electrons. The van der Waals surface area contributed by atoms with E-state index in [2.05, 4.69) is 5.10 Å². The smallest absolute Gasteiger partial charge is 0.169 e. The van der Waals surface area contributed by atoms with Gasteiger partial charge in [0, 0.05) is 11.1 Å². The van der Waals surface area contributed by atoms with Gasteiger partial charge in [0.25, 0.3) is 0 Å². The van der Waals surface area contributed by atoms with Crippen LogP contribution in [0.3, 0.4) is 0 Å². The van der Waals surface area contributed by atoms with Crippen LogP contribution < -0.4 is 4.76 Å². The summed E-state index contributed by atoms with van der Waals surface area (Å²) in [6, 6.07) is 5.19. The van der Waals surface area contributed by atoms with Gasteiger partial charge >= 0.3 is 0 Å². The number of nitrogens with zero attached hydrogens (tertiary/aromatic N) is 2. The summed E-state index contributed by atoms with van der Waals surface area (Å²) in [5.74, 6) is 0. The van der Waals surface area contributed by atoms with Crippen molar-refractivity contribution in [2.45, 2.75) is 0 Å². The van der Waals surface area contributed by atoms with Crippen molar-refractivity contribution < 1.29 is 0 Å². The monoisotopic (exact) mass is 182 g/mol. The van der Waals surface area contributed by atoms with Gasteiger partial charge in [0.2, 0.25) is 0 Å². The molecular formula is C8H7ClN2O. The Morgan fingerprint density at radius 2 is 2.25 bits per heavy atom. The Balaban J connectivity index is 2.63. The van der Waals surface area contributed by atoms with E-state index in [-0.39, 0.29) is 0 Å². The highest BCUT2D eigenvalue weighted by atomic mass is 35.5. The van der Waals surface area contributed by atoms with Crippen LogP contribution in [0.15, 0.2) is 23.3 Å². The van der Waals surface area contributed by atoms with E-state index in [9.17, 15) is 5.21 Å². The average Bonchev–Trinajstić information content (AvgIpc) is 2.28. The summed E-state index contributed by atoms with van der Waals surface area (Å²) < 4.78 is -0.712. The van der Waals surface area contributed by atoms with Crippen LogP contribution in [0.25, 0.3) is 0 Å². The Kier molecular flexibility index (Phi) is 1.48. The molecule has 2 rings (SSSR count). The predicted molar refractivity (Wildman–Crippen MR) is 50.1 cm³/mol. The number of hydrogen-bond donors (Lipinski definition) is 0. The number of halogens is 1. The van der Waals surface area contributed by atoms with E-state index in [4.69, 9.17) is 11.6 Å². The molecule has 0 spiro atoms. The molecule has 1 unspecified atom stereocenters. The molecule has 1 aromatic rings. The van der Waals surface area contributed by atoms with Crippen molar-refractivity contribution >= 4 is 23.5 Å². The van der Waals surface area contributed by atoms with Crippen LogP contribution in [0, 0.1) is 5.21 Å². The Morgan fingerprint density at radius 3 is 3.00 bits per heavy atom. The van der Waals surface area contributed by atoms with Crippen molar-refractivity contribution in [2.75, 3.05) is 7.05 Å². The Morgan fingerprint density at radius 1 is 1.50 bits per heavy atom. The van der Waals surface area contributed by atoms with Crippen LogP contribution in [0.2, 0.25) is 5.02 Å². The van der Waals surface area contributed by atoms with Gasteiger partial charge in [0.1, 0.15) is 0 Å². The third kappa shape index (κ3) is 1.03. The molecule has 0 radical (unpaired) electrons. The van der Waals surface area contributed by atoms with Gasteiger partial charge in [-0.15, -0.1) is 0 Å². The van der Waals surface area contributed by atoms with E-state index in [1.54, 1.807) is 24.4 Å². The summed E-state index contributed by atoms with van der Waals surface area (Å²) in [5.41, 5.74) is 1.44. The van der Waals surface area contributed by atoms with Crippen LogP contribution in [-0.4, -0.2) is 13.3 Å². The second-order valence-electron chi connectivity index (χ2n) is 2.83. The molecule has 0 amide bonds. The summed E-state index contributed by atoms with van der Waals surface area (Å²) in [6.45, 7) is 0. The molecule has 0 aliphatic carbocycles. The van der Waals surface area contributed by atoms with E-state index >= 15 is 0 Å². The maximum Gasteiger partial charge on any atom is 0.169 e. The van der Waals surface area contributed by atoms with Crippen LogP contribution in [-0.2, 0) is 0 Å². The molecule has 12 heavy (non-hydrogen) atoms. The topological polar surface area (TPSA) is 35.4 Å². The highest BCUT2D eigenvalue weighted by molar-refractivity contribution is 6.31. The van der Waals surface area contributed by atoms with Crippen LogP contribution >= 0.6 is 11.6 Å². The Labute approximate surface area is 75.0 Å². The third-order valence-corrected chi connectivity index (χ3v) is 2.09. The van der Waals surface area contributed by atoms with Crippen molar-refractivity contribution in [3.8, 4) is 0 Å². The quantitative estimate of drug-likeness (QED) is 0.447. The molecule has 1 heterocycles. The maximum absolute atomic E-state index is 11.6. The van der Waals surface area contributed by atoms with Gasteiger partial charge < -0.3 is 5.21 Å². The minimum absolute atomic E-state index is 0.569. The predicted octanol–water partition coefficient (Wildman–Crippen LogP) is 2.12. The Hall–Kier alpha value is -0.900. The number of rotatable bonds is 0. The van der Waals surface area contributed by atoms with Crippen molar-refractivity contribution in [3.63, 3.8) is 0 Å². The zero-order valence-electron chi connectivity index (χ0n) is 6.49. The normalized spacial score (nSPS) is 25.9. The van der Waals surface area contributed by atoms with Gasteiger partial charge in [-0.3, -0.25) is 0 Å². The first-order valence-electron chi connectivity index (χ1n) is 3.53. The molecular weight excluding hydrogens is 176 g/mol. The SMILES string of the molecule is C[N+]1([O-])N=Cc2ccc(Cl)cc21. The first-order chi connectivity index (χ1) is 5.59. The van der Waals surface area contributed by atoms with Gasteiger partial charge in [-0.2, -0.15) is 0 Å². The first-order valence-corrected chi connectivity index (χ1v) is 3.91. The highest BCUT2D eigenvalue weighted by Gasteiger charge is 2.23. The number of fused-ring (bicyclic) bond motifs is 1. The summed E-state index contributed by atoms with van der Waals surface area (Å²) in [6.07, 6.45) is 1.57. The fraction of sp³-hybridized carbons (Fsp3) is 0.125. The van der Waals surface area contributed by atoms with E-state index in [1.807, 2.05) is 0 Å². The molecule has 0 bridgehead atoms. The molecule has 1 aliphatic rings. The molecule has 1 aromatic carbocycles. The molecule has 0 aromatic heterocycles. The summed E-state index contributed by atoms with van der Waals surface area (Å²) >= 11 is 5.75. The number of benzene rings is 1. The number of hydroxylamine groups is 1. The minimum atomic E-state index is -0.712. The molecule has 1 aliphatic heterocycles. The van der Waals surface area contributed by atoms with Gasteiger partial charge in [0.05, 0.1) is 18.8 Å². The molecule has 0 fully saturated rings. The lowest BCUT2D eigenvalue weighted by atomic mass is 10.2. The van der Waals surface area contributed by atoms with E-state index in [0.29, 0.717) is 10.7 Å². The lowest BCUT2D eigenvalue weighted by Gasteiger charge is -2.27. The van der Waals surface area contributed by atoms with E-state index in [0.717, 1.165) is 5.56 Å². The summed E-state index contributed by atoms with van der Waals surface area (Å²) in [4.78, 5) is 0. The molecule has 3 nitrogen and oxygen atoms in total. The van der Waals surface area contributed by atoms with Gasteiger partial charge in [-0.05, 0) is 12.1 Å². The fourth-order valence-corrected chi connectivity index (χ4v) is 1.39. The van der Waals surface area contributed by atoms with E-state index < -0.39 is 4.76 Å². The number of quaternary nitrogens is 1. The van der Waals surface area contributed by atoms with Gasteiger partial charge in [-0.25, -0.2) is 4.76 Å².